The molecule has 0 saturated carbocycles. The van der Waals surface area contributed by atoms with E-state index in [2.05, 4.69) is 5.32 Å². The SMILES string of the molecule is CC(C)(C)N(OC(=O)N1CCC1)c1ccc2c(c1)C(=O)N(C1CCC(=O)NC1=O)C2=O. The second-order valence-corrected chi connectivity index (χ2v) is 8.84. The van der Waals surface area contributed by atoms with Gasteiger partial charge in [0.05, 0.1) is 22.4 Å². The fourth-order valence-electron chi connectivity index (χ4n) is 3.80. The van der Waals surface area contributed by atoms with Gasteiger partial charge in [0.25, 0.3) is 11.8 Å². The zero-order chi connectivity index (χ0) is 22.5. The van der Waals surface area contributed by atoms with Gasteiger partial charge in [0.15, 0.2) is 0 Å². The van der Waals surface area contributed by atoms with Crippen molar-refractivity contribution in [2.45, 2.75) is 51.6 Å². The third-order valence-electron chi connectivity index (χ3n) is 5.55. The highest BCUT2D eigenvalue weighted by Gasteiger charge is 2.45. The first-order valence-electron chi connectivity index (χ1n) is 10.2. The molecule has 3 aliphatic heterocycles. The van der Waals surface area contributed by atoms with Crippen LogP contribution in [0.5, 0.6) is 0 Å². The van der Waals surface area contributed by atoms with Gasteiger partial charge in [-0.25, -0.2) is 4.79 Å². The number of anilines is 1. The fourth-order valence-corrected chi connectivity index (χ4v) is 3.80. The molecule has 5 amide bonds. The highest BCUT2D eigenvalue weighted by atomic mass is 16.7. The molecule has 1 atom stereocenters. The Morgan fingerprint density at radius 1 is 1.10 bits per heavy atom. The van der Waals surface area contributed by atoms with E-state index in [9.17, 15) is 24.0 Å². The summed E-state index contributed by atoms with van der Waals surface area (Å²) in [7, 11) is 0. The van der Waals surface area contributed by atoms with Gasteiger partial charge >= 0.3 is 6.09 Å². The number of hydrogen-bond acceptors (Lipinski definition) is 7. The lowest BCUT2D eigenvalue weighted by Crippen LogP contribution is -2.54. The summed E-state index contributed by atoms with van der Waals surface area (Å²) in [6.07, 6.45) is 0.592. The van der Waals surface area contributed by atoms with Crippen LogP contribution in [-0.4, -0.2) is 64.2 Å². The van der Waals surface area contributed by atoms with Crippen molar-refractivity contribution in [3.63, 3.8) is 0 Å². The van der Waals surface area contributed by atoms with Crippen molar-refractivity contribution in [1.82, 2.24) is 15.1 Å². The van der Waals surface area contributed by atoms with Gasteiger partial charge in [-0.2, -0.15) is 5.06 Å². The van der Waals surface area contributed by atoms with Crippen LogP contribution in [0.3, 0.4) is 0 Å². The number of amides is 5. The van der Waals surface area contributed by atoms with Gasteiger partial charge in [-0.15, -0.1) is 0 Å². The number of carbonyl (C=O) groups excluding carboxylic acids is 5. The number of hydroxylamine groups is 1. The first-order valence-corrected chi connectivity index (χ1v) is 10.2. The summed E-state index contributed by atoms with van der Waals surface area (Å²) in [5.41, 5.74) is 0.109. The minimum atomic E-state index is -1.03. The third-order valence-corrected chi connectivity index (χ3v) is 5.55. The molecule has 0 radical (unpaired) electrons. The summed E-state index contributed by atoms with van der Waals surface area (Å²) >= 11 is 0. The van der Waals surface area contributed by atoms with Crippen LogP contribution in [0.25, 0.3) is 0 Å². The van der Waals surface area contributed by atoms with Crippen LogP contribution in [-0.2, 0) is 14.4 Å². The highest BCUT2D eigenvalue weighted by molar-refractivity contribution is 6.23. The monoisotopic (exact) mass is 428 g/mol. The molecule has 0 spiro atoms. The van der Waals surface area contributed by atoms with Crippen LogP contribution >= 0.6 is 0 Å². The number of nitrogens with one attached hydrogen (secondary N) is 1. The molecule has 10 heteroatoms. The molecule has 164 valence electrons. The van der Waals surface area contributed by atoms with Crippen molar-refractivity contribution < 1.29 is 28.8 Å². The Hall–Kier alpha value is -3.43. The summed E-state index contributed by atoms with van der Waals surface area (Å²) in [6.45, 7) is 6.83. The molecule has 1 aromatic rings. The van der Waals surface area contributed by atoms with Gasteiger partial charge in [0.1, 0.15) is 6.04 Å². The fraction of sp³-hybridized carbons (Fsp3) is 0.476. The van der Waals surface area contributed by atoms with E-state index in [0.717, 1.165) is 11.3 Å². The van der Waals surface area contributed by atoms with Crippen molar-refractivity contribution in [2.75, 3.05) is 18.2 Å². The van der Waals surface area contributed by atoms with Gasteiger partial charge in [-0.1, -0.05) is 0 Å². The minimum Gasteiger partial charge on any atom is -0.321 e. The van der Waals surface area contributed by atoms with Crippen molar-refractivity contribution in [2.24, 2.45) is 0 Å². The molecular weight excluding hydrogens is 404 g/mol. The zero-order valence-electron chi connectivity index (χ0n) is 17.6. The lowest BCUT2D eigenvalue weighted by Gasteiger charge is -2.38. The molecule has 0 bridgehead atoms. The molecule has 3 aliphatic rings. The highest BCUT2D eigenvalue weighted by Crippen LogP contribution is 2.33. The Morgan fingerprint density at radius 2 is 1.77 bits per heavy atom. The molecule has 4 rings (SSSR count). The predicted octanol–water partition coefficient (Wildman–Crippen LogP) is 1.45. The third kappa shape index (κ3) is 3.62. The quantitative estimate of drug-likeness (QED) is 0.572. The van der Waals surface area contributed by atoms with Gasteiger partial charge in [-0.05, 0) is 51.8 Å². The molecule has 10 nitrogen and oxygen atoms in total. The summed E-state index contributed by atoms with van der Waals surface area (Å²) in [5.74, 6) is -2.28. The molecule has 0 aliphatic carbocycles. The van der Waals surface area contributed by atoms with Crippen molar-refractivity contribution in [1.29, 1.82) is 0 Å². The number of hydrogen-bond donors (Lipinski definition) is 1. The average Bonchev–Trinajstić information content (AvgIpc) is 2.88. The number of fused-ring (bicyclic) bond motifs is 1. The number of carbonyl (C=O) groups is 5. The normalized spacial score (nSPS) is 20.9. The minimum absolute atomic E-state index is 0.0549. The van der Waals surface area contributed by atoms with Crippen LogP contribution in [0.2, 0.25) is 0 Å². The number of rotatable bonds is 3. The summed E-state index contributed by atoms with van der Waals surface area (Å²) < 4.78 is 0. The Bertz CT molecular complexity index is 994. The molecule has 1 unspecified atom stereocenters. The maximum Gasteiger partial charge on any atom is 0.434 e. The van der Waals surface area contributed by atoms with E-state index in [1.165, 1.54) is 17.2 Å². The van der Waals surface area contributed by atoms with E-state index in [1.807, 2.05) is 20.8 Å². The van der Waals surface area contributed by atoms with Crippen molar-refractivity contribution in [3.8, 4) is 0 Å². The van der Waals surface area contributed by atoms with Crippen LogP contribution in [0.1, 0.15) is 60.7 Å². The molecule has 1 N–H and O–H groups in total. The number of piperidine rings is 1. The van der Waals surface area contributed by atoms with E-state index >= 15 is 0 Å². The smallest absolute Gasteiger partial charge is 0.321 e. The Labute approximate surface area is 179 Å². The maximum absolute atomic E-state index is 13.0. The lowest BCUT2D eigenvalue weighted by molar-refractivity contribution is -0.136. The van der Waals surface area contributed by atoms with E-state index in [1.54, 1.807) is 11.0 Å². The van der Waals surface area contributed by atoms with Gasteiger partial charge in [0.2, 0.25) is 11.8 Å². The number of imide groups is 2. The molecule has 2 fully saturated rings. The summed E-state index contributed by atoms with van der Waals surface area (Å²) in [5, 5.41) is 3.59. The van der Waals surface area contributed by atoms with Crippen LogP contribution in [0.15, 0.2) is 18.2 Å². The molecule has 31 heavy (non-hydrogen) atoms. The first kappa shape index (κ1) is 20.8. The predicted molar refractivity (Wildman–Crippen MR) is 108 cm³/mol. The van der Waals surface area contributed by atoms with Gasteiger partial charge in [0, 0.05) is 19.5 Å². The van der Waals surface area contributed by atoms with Crippen LogP contribution in [0.4, 0.5) is 10.5 Å². The Kier molecular flexibility index (Phi) is 4.95. The Morgan fingerprint density at radius 3 is 2.35 bits per heavy atom. The van der Waals surface area contributed by atoms with Gasteiger partial charge in [-0.3, -0.25) is 29.4 Å². The molecule has 3 heterocycles. The second kappa shape index (κ2) is 7.36. The molecular formula is C21H24N4O6. The number of likely N-dealkylation sites (tertiary alicyclic amines) is 1. The van der Waals surface area contributed by atoms with Crippen LogP contribution in [0, 0.1) is 0 Å². The molecule has 0 aromatic heterocycles. The van der Waals surface area contributed by atoms with E-state index in [4.69, 9.17) is 4.84 Å². The molecule has 1 aromatic carbocycles. The topological polar surface area (TPSA) is 116 Å². The maximum atomic E-state index is 13.0. The number of nitrogens with zero attached hydrogens (tertiary/aromatic N) is 3. The van der Waals surface area contributed by atoms with Crippen LogP contribution < -0.4 is 10.4 Å². The van der Waals surface area contributed by atoms with Gasteiger partial charge < -0.3 is 9.74 Å². The van der Waals surface area contributed by atoms with E-state index in [0.29, 0.717) is 18.8 Å². The Balaban J connectivity index is 1.63. The summed E-state index contributed by atoms with van der Waals surface area (Å²) in [6, 6.07) is 3.56. The largest absolute Gasteiger partial charge is 0.434 e. The van der Waals surface area contributed by atoms with E-state index < -0.39 is 41.3 Å². The standard InChI is InChI=1S/C21H24N4O6/c1-21(2,3)25(31-20(30)23-9-4-10-23)12-5-6-13-14(11-12)19(29)24(18(13)28)15-7-8-16(26)22-17(15)27/h5-6,11,15H,4,7-10H2,1-3H3,(H,22,26,27). The number of benzene rings is 1. The molecule has 2 saturated heterocycles. The second-order valence-electron chi connectivity index (χ2n) is 8.84. The van der Waals surface area contributed by atoms with Crippen molar-refractivity contribution >= 4 is 35.4 Å². The van der Waals surface area contributed by atoms with Crippen molar-refractivity contribution in [3.05, 3.63) is 29.3 Å². The van der Waals surface area contributed by atoms with E-state index in [-0.39, 0.29) is 24.0 Å². The first-order chi connectivity index (χ1) is 14.6. The zero-order valence-corrected chi connectivity index (χ0v) is 17.6. The lowest BCUT2D eigenvalue weighted by atomic mass is 10.0. The summed E-state index contributed by atoms with van der Waals surface area (Å²) in [4.78, 5) is 70.0. The average molecular weight is 428 g/mol.